The van der Waals surface area contributed by atoms with Gasteiger partial charge < -0.3 is 15.4 Å². The van der Waals surface area contributed by atoms with Crippen molar-refractivity contribution in [3.05, 3.63) is 28.3 Å². The van der Waals surface area contributed by atoms with E-state index in [-0.39, 0.29) is 36.2 Å². The van der Waals surface area contributed by atoms with E-state index < -0.39 is 4.92 Å². The van der Waals surface area contributed by atoms with E-state index >= 15 is 0 Å². The van der Waals surface area contributed by atoms with Gasteiger partial charge in [0.25, 0.3) is 5.69 Å². The monoisotopic (exact) mass is 281 g/mol. The summed E-state index contributed by atoms with van der Waals surface area (Å²) >= 11 is 0. The van der Waals surface area contributed by atoms with Crippen LogP contribution in [0.25, 0.3) is 0 Å². The SMILES string of the molecule is COc1ccc([N+](=O)[O-])cc1NC(=O)CCNC(C)=O. The van der Waals surface area contributed by atoms with Crippen molar-refractivity contribution in [1.82, 2.24) is 5.32 Å². The van der Waals surface area contributed by atoms with Crippen molar-refractivity contribution >= 4 is 23.2 Å². The van der Waals surface area contributed by atoms with Crippen molar-refractivity contribution in [2.75, 3.05) is 19.0 Å². The highest BCUT2D eigenvalue weighted by Crippen LogP contribution is 2.28. The van der Waals surface area contributed by atoms with E-state index in [0.717, 1.165) is 0 Å². The van der Waals surface area contributed by atoms with Crippen LogP contribution in [0.2, 0.25) is 0 Å². The van der Waals surface area contributed by atoms with Gasteiger partial charge in [-0.05, 0) is 6.07 Å². The average molecular weight is 281 g/mol. The zero-order chi connectivity index (χ0) is 15.1. The van der Waals surface area contributed by atoms with E-state index in [1.165, 1.54) is 32.2 Å². The van der Waals surface area contributed by atoms with Crippen LogP contribution in [0.3, 0.4) is 0 Å². The molecule has 0 saturated carbocycles. The molecule has 0 spiro atoms. The van der Waals surface area contributed by atoms with Crippen LogP contribution >= 0.6 is 0 Å². The lowest BCUT2D eigenvalue weighted by Crippen LogP contribution is -2.25. The van der Waals surface area contributed by atoms with Crippen LogP contribution in [0.1, 0.15) is 13.3 Å². The fraction of sp³-hybridized carbons (Fsp3) is 0.333. The number of carbonyl (C=O) groups excluding carboxylic acids is 2. The summed E-state index contributed by atoms with van der Waals surface area (Å²) in [5, 5.41) is 15.7. The quantitative estimate of drug-likeness (QED) is 0.598. The number of methoxy groups -OCH3 is 1. The maximum Gasteiger partial charge on any atom is 0.271 e. The van der Waals surface area contributed by atoms with Crippen LogP contribution in [-0.4, -0.2) is 30.4 Å². The summed E-state index contributed by atoms with van der Waals surface area (Å²) in [6, 6.07) is 3.91. The molecule has 0 aliphatic carbocycles. The maximum absolute atomic E-state index is 11.7. The lowest BCUT2D eigenvalue weighted by Gasteiger charge is -2.10. The van der Waals surface area contributed by atoms with Crippen molar-refractivity contribution in [2.24, 2.45) is 0 Å². The molecule has 0 aliphatic heterocycles. The molecule has 0 aromatic heterocycles. The lowest BCUT2D eigenvalue weighted by atomic mass is 10.2. The molecule has 0 radical (unpaired) electrons. The predicted molar refractivity (Wildman–Crippen MR) is 71.6 cm³/mol. The van der Waals surface area contributed by atoms with Gasteiger partial charge in [-0.3, -0.25) is 19.7 Å². The first-order valence-corrected chi connectivity index (χ1v) is 5.80. The maximum atomic E-state index is 11.7. The van der Waals surface area contributed by atoms with Gasteiger partial charge in [-0.2, -0.15) is 0 Å². The van der Waals surface area contributed by atoms with Crippen LogP contribution in [-0.2, 0) is 9.59 Å². The van der Waals surface area contributed by atoms with E-state index in [1.807, 2.05) is 0 Å². The van der Waals surface area contributed by atoms with E-state index in [0.29, 0.717) is 5.75 Å². The normalized spacial score (nSPS) is 9.70. The zero-order valence-electron chi connectivity index (χ0n) is 11.1. The smallest absolute Gasteiger partial charge is 0.271 e. The van der Waals surface area contributed by atoms with Gasteiger partial charge in [0, 0.05) is 32.0 Å². The molecule has 0 aliphatic rings. The Labute approximate surface area is 115 Å². The van der Waals surface area contributed by atoms with Gasteiger partial charge >= 0.3 is 0 Å². The van der Waals surface area contributed by atoms with Gasteiger partial charge in [-0.1, -0.05) is 0 Å². The Morgan fingerprint density at radius 3 is 2.65 bits per heavy atom. The van der Waals surface area contributed by atoms with Crippen molar-refractivity contribution < 1.29 is 19.2 Å². The van der Waals surface area contributed by atoms with E-state index in [4.69, 9.17) is 4.74 Å². The number of nitro benzene ring substituents is 1. The molecule has 0 heterocycles. The molecule has 0 saturated heterocycles. The van der Waals surface area contributed by atoms with Crippen LogP contribution in [0, 0.1) is 10.1 Å². The first-order valence-electron chi connectivity index (χ1n) is 5.80. The van der Waals surface area contributed by atoms with Crippen molar-refractivity contribution in [3.63, 3.8) is 0 Å². The molecule has 8 nitrogen and oxygen atoms in total. The Kier molecular flexibility index (Phi) is 5.45. The minimum absolute atomic E-state index is 0.0609. The molecule has 2 N–H and O–H groups in total. The number of hydrogen-bond acceptors (Lipinski definition) is 5. The molecule has 1 aromatic carbocycles. The van der Waals surface area contributed by atoms with Gasteiger partial charge in [0.1, 0.15) is 5.75 Å². The summed E-state index contributed by atoms with van der Waals surface area (Å²) in [5.74, 6) is -0.285. The number of nitro groups is 1. The van der Waals surface area contributed by atoms with Crippen molar-refractivity contribution in [3.8, 4) is 5.75 Å². The van der Waals surface area contributed by atoms with Crippen LogP contribution in [0.15, 0.2) is 18.2 Å². The summed E-state index contributed by atoms with van der Waals surface area (Å²) in [4.78, 5) is 32.4. The number of carbonyl (C=O) groups is 2. The van der Waals surface area contributed by atoms with E-state index in [9.17, 15) is 19.7 Å². The third kappa shape index (κ3) is 4.56. The molecule has 1 rings (SSSR count). The molecular formula is C12H15N3O5. The van der Waals surface area contributed by atoms with Crippen LogP contribution < -0.4 is 15.4 Å². The number of ether oxygens (including phenoxy) is 1. The zero-order valence-corrected chi connectivity index (χ0v) is 11.1. The second-order valence-electron chi connectivity index (χ2n) is 3.92. The summed E-state index contributed by atoms with van der Waals surface area (Å²) in [7, 11) is 1.40. The standard InChI is InChI=1S/C12H15N3O5/c1-8(16)13-6-5-12(17)14-10-7-9(15(18)19)3-4-11(10)20-2/h3-4,7H,5-6H2,1-2H3,(H,13,16)(H,14,17). The van der Waals surface area contributed by atoms with Gasteiger partial charge in [0.05, 0.1) is 17.7 Å². The Bertz CT molecular complexity index is 530. The first-order chi connectivity index (χ1) is 9.43. The second kappa shape index (κ2) is 7.07. The van der Waals surface area contributed by atoms with Gasteiger partial charge in [0.15, 0.2) is 0 Å². The highest BCUT2D eigenvalue weighted by atomic mass is 16.6. The number of anilines is 1. The van der Waals surface area contributed by atoms with Crippen LogP contribution in [0.5, 0.6) is 5.75 Å². The fourth-order valence-corrected chi connectivity index (χ4v) is 1.47. The topological polar surface area (TPSA) is 111 Å². The Balaban J connectivity index is 2.74. The van der Waals surface area contributed by atoms with Gasteiger partial charge in [0.2, 0.25) is 11.8 Å². The van der Waals surface area contributed by atoms with Crippen molar-refractivity contribution in [2.45, 2.75) is 13.3 Å². The molecule has 20 heavy (non-hydrogen) atoms. The Morgan fingerprint density at radius 1 is 1.40 bits per heavy atom. The van der Waals surface area contributed by atoms with E-state index in [1.54, 1.807) is 0 Å². The third-order valence-electron chi connectivity index (χ3n) is 2.39. The fourth-order valence-electron chi connectivity index (χ4n) is 1.47. The Hall–Kier alpha value is -2.64. The number of amides is 2. The summed E-state index contributed by atoms with van der Waals surface area (Å²) in [6.45, 7) is 1.54. The third-order valence-corrected chi connectivity index (χ3v) is 2.39. The average Bonchev–Trinajstić information content (AvgIpc) is 2.38. The molecule has 0 fully saturated rings. The van der Waals surface area contributed by atoms with Crippen molar-refractivity contribution in [1.29, 1.82) is 0 Å². The lowest BCUT2D eigenvalue weighted by molar-refractivity contribution is -0.384. The summed E-state index contributed by atoms with van der Waals surface area (Å²) in [5.41, 5.74) is 0.0671. The Morgan fingerprint density at radius 2 is 2.10 bits per heavy atom. The number of benzene rings is 1. The molecule has 0 bridgehead atoms. The largest absolute Gasteiger partial charge is 0.495 e. The molecule has 8 heteroatoms. The number of hydrogen-bond donors (Lipinski definition) is 2. The molecule has 0 unspecified atom stereocenters. The minimum atomic E-state index is -0.563. The molecule has 1 aromatic rings. The predicted octanol–water partition coefficient (Wildman–Crippen LogP) is 1.07. The van der Waals surface area contributed by atoms with Gasteiger partial charge in [-0.15, -0.1) is 0 Å². The van der Waals surface area contributed by atoms with Crippen LogP contribution in [0.4, 0.5) is 11.4 Å². The highest BCUT2D eigenvalue weighted by Gasteiger charge is 2.13. The van der Waals surface area contributed by atoms with E-state index in [2.05, 4.69) is 10.6 Å². The highest BCUT2D eigenvalue weighted by molar-refractivity contribution is 5.93. The molecular weight excluding hydrogens is 266 g/mol. The van der Waals surface area contributed by atoms with Gasteiger partial charge in [-0.25, -0.2) is 0 Å². The molecule has 108 valence electrons. The molecule has 2 amide bonds. The first kappa shape index (κ1) is 15.4. The molecule has 0 atom stereocenters. The minimum Gasteiger partial charge on any atom is -0.495 e. The number of nitrogens with one attached hydrogen (secondary N) is 2. The summed E-state index contributed by atoms with van der Waals surface area (Å²) < 4.78 is 5.02. The number of rotatable bonds is 6. The summed E-state index contributed by atoms with van der Waals surface area (Å²) in [6.07, 6.45) is 0.0609. The number of non-ortho nitro benzene ring substituents is 1. The second-order valence-corrected chi connectivity index (χ2v) is 3.92. The number of nitrogens with zero attached hydrogens (tertiary/aromatic N) is 1.